The van der Waals surface area contributed by atoms with Gasteiger partial charge in [0, 0.05) is 0 Å². The number of carboxylic acids is 1. The zero-order valence-electron chi connectivity index (χ0n) is 11.4. The van der Waals surface area contributed by atoms with Gasteiger partial charge in [-0.3, -0.25) is 9.63 Å². The second kappa shape index (κ2) is 6.69. The van der Waals surface area contributed by atoms with Gasteiger partial charge in [-0.1, -0.05) is 4.47 Å². The van der Waals surface area contributed by atoms with Crippen molar-refractivity contribution >= 4 is 16.0 Å². The van der Waals surface area contributed by atoms with Crippen molar-refractivity contribution in [1.29, 1.82) is 0 Å². The molecule has 1 aromatic rings. The number of hydrogen-bond donors (Lipinski definition) is 1. The van der Waals surface area contributed by atoms with Crippen LogP contribution in [0.25, 0.3) is 0 Å². The summed E-state index contributed by atoms with van der Waals surface area (Å²) in [5.41, 5.74) is 0. The van der Waals surface area contributed by atoms with E-state index in [1.165, 1.54) is 31.4 Å². The first-order chi connectivity index (χ1) is 9.27. The Morgan fingerprint density at radius 1 is 1.30 bits per heavy atom. The lowest BCUT2D eigenvalue weighted by Gasteiger charge is -2.21. The van der Waals surface area contributed by atoms with Gasteiger partial charge in [0.25, 0.3) is 10.0 Å². The van der Waals surface area contributed by atoms with Crippen LogP contribution in [0.15, 0.2) is 29.2 Å². The Labute approximate surface area is 117 Å². The molecule has 0 saturated heterocycles. The average Bonchev–Trinajstić information content (AvgIpc) is 2.37. The summed E-state index contributed by atoms with van der Waals surface area (Å²) in [4.78, 5) is 15.8. The van der Waals surface area contributed by atoms with Gasteiger partial charge in [0.05, 0.1) is 18.1 Å². The number of benzene rings is 1. The molecule has 112 valence electrons. The highest BCUT2D eigenvalue weighted by atomic mass is 32.2. The maximum absolute atomic E-state index is 12.3. The van der Waals surface area contributed by atoms with Crippen LogP contribution in [0.3, 0.4) is 0 Å². The Balaban J connectivity index is 3.10. The monoisotopic (exact) mass is 303 g/mol. The Bertz CT molecular complexity index is 552. The van der Waals surface area contributed by atoms with Crippen LogP contribution in [0.4, 0.5) is 0 Å². The number of hydrogen-bond acceptors (Lipinski definition) is 5. The van der Waals surface area contributed by atoms with Crippen LogP contribution >= 0.6 is 0 Å². The molecule has 0 radical (unpaired) electrons. The molecular formula is C12H17NO6S. The lowest BCUT2D eigenvalue weighted by atomic mass is 10.3. The first-order valence-electron chi connectivity index (χ1n) is 5.82. The molecule has 0 bridgehead atoms. The minimum atomic E-state index is -4.04. The predicted octanol–water partition coefficient (Wildman–Crippen LogP) is 1.11. The molecule has 0 fully saturated rings. The number of carbonyl (C=O) groups is 1. The summed E-state index contributed by atoms with van der Waals surface area (Å²) in [6, 6.07) is 5.60. The molecule has 0 aliphatic carbocycles. The van der Waals surface area contributed by atoms with Gasteiger partial charge in [-0.15, -0.1) is 0 Å². The summed E-state index contributed by atoms with van der Waals surface area (Å²) in [6.45, 7) is 2.45. The Morgan fingerprint density at radius 2 is 1.85 bits per heavy atom. The second-order valence-corrected chi connectivity index (χ2v) is 6.02. The summed E-state index contributed by atoms with van der Waals surface area (Å²) >= 11 is 0. The van der Waals surface area contributed by atoms with Gasteiger partial charge in [0.2, 0.25) is 0 Å². The van der Waals surface area contributed by atoms with Crippen LogP contribution < -0.4 is 4.74 Å². The number of aliphatic carboxylic acids is 1. The third kappa shape index (κ3) is 4.19. The lowest BCUT2D eigenvalue weighted by Crippen LogP contribution is -2.37. The van der Waals surface area contributed by atoms with E-state index >= 15 is 0 Å². The van der Waals surface area contributed by atoms with Gasteiger partial charge in [-0.25, -0.2) is 8.42 Å². The molecule has 0 unspecified atom stereocenters. The molecule has 0 aliphatic rings. The fourth-order valence-corrected chi connectivity index (χ4v) is 2.67. The molecule has 0 spiro atoms. The number of hydroxylamine groups is 1. The summed E-state index contributed by atoms with van der Waals surface area (Å²) < 4.78 is 30.0. The summed E-state index contributed by atoms with van der Waals surface area (Å²) in [7, 11) is -2.58. The van der Waals surface area contributed by atoms with Crippen molar-refractivity contribution in [3.63, 3.8) is 0 Å². The molecule has 1 N–H and O–H groups in total. The Hall–Kier alpha value is -1.64. The predicted molar refractivity (Wildman–Crippen MR) is 70.7 cm³/mol. The molecule has 0 aliphatic heterocycles. The maximum Gasteiger partial charge on any atom is 0.321 e. The third-order valence-electron chi connectivity index (χ3n) is 2.22. The van der Waals surface area contributed by atoms with Crippen molar-refractivity contribution in [3.05, 3.63) is 24.3 Å². The number of carboxylic acid groups (broad SMARTS) is 1. The SMILES string of the molecule is COc1ccc(S(=O)(=O)N(CC(=O)O)OC(C)C)cc1. The minimum Gasteiger partial charge on any atom is -0.497 e. The van der Waals surface area contributed by atoms with Crippen LogP contribution in [-0.2, 0) is 19.7 Å². The van der Waals surface area contributed by atoms with Crippen LogP contribution in [0.1, 0.15) is 13.8 Å². The Kier molecular flexibility index (Phi) is 5.49. The van der Waals surface area contributed by atoms with Crippen molar-refractivity contribution in [3.8, 4) is 5.75 Å². The van der Waals surface area contributed by atoms with Gasteiger partial charge < -0.3 is 9.84 Å². The standard InChI is InChI=1S/C12H17NO6S/c1-9(2)19-13(8-12(14)15)20(16,17)11-6-4-10(18-3)5-7-11/h4-7,9H,8H2,1-3H3,(H,14,15). The number of rotatable bonds is 7. The van der Waals surface area contributed by atoms with Gasteiger partial charge in [0.15, 0.2) is 0 Å². The van der Waals surface area contributed by atoms with E-state index in [9.17, 15) is 13.2 Å². The molecule has 7 nitrogen and oxygen atoms in total. The maximum atomic E-state index is 12.3. The zero-order chi connectivity index (χ0) is 15.3. The van der Waals surface area contributed by atoms with E-state index in [0.29, 0.717) is 10.2 Å². The normalized spacial score (nSPS) is 11.8. The molecule has 0 aromatic heterocycles. The largest absolute Gasteiger partial charge is 0.497 e. The van der Waals surface area contributed by atoms with Gasteiger partial charge in [-0.2, -0.15) is 0 Å². The van der Waals surface area contributed by atoms with E-state index in [1.54, 1.807) is 13.8 Å². The van der Waals surface area contributed by atoms with E-state index in [1.807, 2.05) is 0 Å². The molecule has 0 saturated carbocycles. The van der Waals surface area contributed by atoms with Gasteiger partial charge in [-0.05, 0) is 38.1 Å². The van der Waals surface area contributed by atoms with Crippen LogP contribution in [0.2, 0.25) is 0 Å². The first-order valence-corrected chi connectivity index (χ1v) is 7.26. The highest BCUT2D eigenvalue weighted by Gasteiger charge is 2.28. The van der Waals surface area contributed by atoms with Crippen molar-refractivity contribution in [2.75, 3.05) is 13.7 Å². The van der Waals surface area contributed by atoms with E-state index in [2.05, 4.69) is 0 Å². The third-order valence-corrected chi connectivity index (χ3v) is 3.84. The first kappa shape index (κ1) is 16.4. The second-order valence-electron chi connectivity index (χ2n) is 4.19. The molecule has 0 heterocycles. The highest BCUT2D eigenvalue weighted by Crippen LogP contribution is 2.20. The van der Waals surface area contributed by atoms with Crippen molar-refractivity contribution in [2.24, 2.45) is 0 Å². The smallest absolute Gasteiger partial charge is 0.321 e. The molecule has 20 heavy (non-hydrogen) atoms. The Morgan fingerprint density at radius 3 is 2.25 bits per heavy atom. The summed E-state index contributed by atoms with van der Waals surface area (Å²) in [5, 5.41) is 8.78. The van der Waals surface area contributed by atoms with E-state index in [4.69, 9.17) is 14.7 Å². The van der Waals surface area contributed by atoms with Crippen molar-refractivity contribution in [1.82, 2.24) is 4.47 Å². The van der Waals surface area contributed by atoms with E-state index in [-0.39, 0.29) is 4.90 Å². The number of ether oxygens (including phenoxy) is 1. The highest BCUT2D eigenvalue weighted by molar-refractivity contribution is 7.89. The average molecular weight is 303 g/mol. The summed E-state index contributed by atoms with van der Waals surface area (Å²) in [6.07, 6.45) is -0.470. The lowest BCUT2D eigenvalue weighted by molar-refractivity contribution is -0.156. The van der Waals surface area contributed by atoms with Crippen LogP contribution in [0, 0.1) is 0 Å². The fourth-order valence-electron chi connectivity index (χ4n) is 1.39. The van der Waals surface area contributed by atoms with Gasteiger partial charge >= 0.3 is 5.97 Å². The summed E-state index contributed by atoms with van der Waals surface area (Å²) in [5.74, 6) is -0.804. The fraction of sp³-hybridized carbons (Fsp3) is 0.417. The molecule has 8 heteroatoms. The van der Waals surface area contributed by atoms with E-state index in [0.717, 1.165) is 0 Å². The number of methoxy groups -OCH3 is 1. The van der Waals surface area contributed by atoms with Gasteiger partial charge in [0.1, 0.15) is 12.3 Å². The quantitative estimate of drug-likeness (QED) is 0.758. The number of nitrogens with zero attached hydrogens (tertiary/aromatic N) is 1. The zero-order valence-corrected chi connectivity index (χ0v) is 12.3. The molecule has 0 atom stereocenters. The van der Waals surface area contributed by atoms with Crippen molar-refractivity contribution in [2.45, 2.75) is 24.8 Å². The number of sulfonamides is 1. The van der Waals surface area contributed by atoms with Crippen LogP contribution in [0.5, 0.6) is 5.75 Å². The van der Waals surface area contributed by atoms with Crippen LogP contribution in [-0.4, -0.2) is 43.7 Å². The van der Waals surface area contributed by atoms with Crippen molar-refractivity contribution < 1.29 is 27.9 Å². The molecule has 0 amide bonds. The molecule has 1 rings (SSSR count). The topological polar surface area (TPSA) is 93.1 Å². The molecular weight excluding hydrogens is 286 g/mol. The molecule has 1 aromatic carbocycles. The van der Waals surface area contributed by atoms with E-state index < -0.39 is 28.6 Å². The minimum absolute atomic E-state index is 0.0693.